The SMILES string of the molecule is COc1ccc(Cl)cc1CN1CCN(C2CCNC2)CC1. The molecule has 1 N–H and O–H groups in total. The third kappa shape index (κ3) is 3.69. The monoisotopic (exact) mass is 309 g/mol. The molecule has 2 aliphatic heterocycles. The molecule has 1 atom stereocenters. The van der Waals surface area contributed by atoms with Crippen LogP contribution in [0, 0.1) is 0 Å². The minimum Gasteiger partial charge on any atom is -0.496 e. The summed E-state index contributed by atoms with van der Waals surface area (Å²) in [5, 5.41) is 4.23. The smallest absolute Gasteiger partial charge is 0.123 e. The first kappa shape index (κ1) is 15.1. The number of nitrogens with zero attached hydrogens (tertiary/aromatic N) is 2. The van der Waals surface area contributed by atoms with Crippen molar-refractivity contribution >= 4 is 11.6 Å². The molecule has 0 aliphatic carbocycles. The zero-order chi connectivity index (χ0) is 14.7. The molecule has 21 heavy (non-hydrogen) atoms. The van der Waals surface area contributed by atoms with E-state index in [-0.39, 0.29) is 0 Å². The summed E-state index contributed by atoms with van der Waals surface area (Å²) in [6, 6.07) is 6.61. The Hall–Kier alpha value is -0.810. The van der Waals surface area contributed by atoms with Crippen LogP contribution in [0.2, 0.25) is 5.02 Å². The molecule has 2 saturated heterocycles. The van der Waals surface area contributed by atoms with Gasteiger partial charge in [0.15, 0.2) is 0 Å². The number of halogens is 1. The van der Waals surface area contributed by atoms with Crippen molar-refractivity contribution in [1.82, 2.24) is 15.1 Å². The van der Waals surface area contributed by atoms with E-state index in [0.717, 1.165) is 56.1 Å². The summed E-state index contributed by atoms with van der Waals surface area (Å²) in [4.78, 5) is 5.12. The molecule has 2 aliphatic rings. The summed E-state index contributed by atoms with van der Waals surface area (Å²) in [7, 11) is 1.72. The minimum atomic E-state index is 0.743. The fourth-order valence-electron chi connectivity index (χ4n) is 3.35. The number of ether oxygens (including phenoxy) is 1. The summed E-state index contributed by atoms with van der Waals surface area (Å²) >= 11 is 6.11. The zero-order valence-electron chi connectivity index (χ0n) is 12.6. The Balaban J connectivity index is 1.56. The summed E-state index contributed by atoms with van der Waals surface area (Å²) in [5.74, 6) is 0.932. The van der Waals surface area contributed by atoms with E-state index in [0.29, 0.717) is 0 Å². The van der Waals surface area contributed by atoms with E-state index in [1.807, 2.05) is 18.2 Å². The molecule has 2 fully saturated rings. The molecule has 2 heterocycles. The van der Waals surface area contributed by atoms with Gasteiger partial charge >= 0.3 is 0 Å². The van der Waals surface area contributed by atoms with E-state index in [1.165, 1.54) is 18.5 Å². The first-order chi connectivity index (χ1) is 10.3. The lowest BCUT2D eigenvalue weighted by atomic mass is 10.1. The van der Waals surface area contributed by atoms with E-state index in [4.69, 9.17) is 16.3 Å². The number of benzene rings is 1. The maximum Gasteiger partial charge on any atom is 0.123 e. The van der Waals surface area contributed by atoms with Gasteiger partial charge < -0.3 is 10.1 Å². The lowest BCUT2D eigenvalue weighted by molar-refractivity contribution is 0.0976. The Morgan fingerprint density at radius 2 is 2.10 bits per heavy atom. The molecule has 0 bridgehead atoms. The van der Waals surface area contributed by atoms with E-state index in [2.05, 4.69) is 15.1 Å². The van der Waals surface area contributed by atoms with Gasteiger partial charge in [-0.15, -0.1) is 0 Å². The van der Waals surface area contributed by atoms with Gasteiger partial charge in [-0.05, 0) is 31.2 Å². The van der Waals surface area contributed by atoms with Crippen LogP contribution in [-0.2, 0) is 6.54 Å². The normalized spacial score (nSPS) is 24.4. The third-order valence-corrected chi connectivity index (χ3v) is 4.83. The van der Waals surface area contributed by atoms with E-state index < -0.39 is 0 Å². The van der Waals surface area contributed by atoms with Gasteiger partial charge in [0.25, 0.3) is 0 Å². The zero-order valence-corrected chi connectivity index (χ0v) is 13.4. The van der Waals surface area contributed by atoms with Crippen LogP contribution < -0.4 is 10.1 Å². The molecule has 0 saturated carbocycles. The number of nitrogens with one attached hydrogen (secondary N) is 1. The molecule has 0 amide bonds. The highest BCUT2D eigenvalue weighted by atomic mass is 35.5. The average Bonchev–Trinajstić information content (AvgIpc) is 3.03. The molecular formula is C16H24ClN3O. The maximum absolute atomic E-state index is 6.11. The van der Waals surface area contributed by atoms with Gasteiger partial charge in [-0.25, -0.2) is 0 Å². The quantitative estimate of drug-likeness (QED) is 0.918. The van der Waals surface area contributed by atoms with Crippen LogP contribution in [0.3, 0.4) is 0 Å². The summed E-state index contributed by atoms with van der Waals surface area (Å²) < 4.78 is 5.44. The van der Waals surface area contributed by atoms with Crippen LogP contribution in [0.4, 0.5) is 0 Å². The second kappa shape index (κ2) is 6.97. The maximum atomic E-state index is 6.11. The molecule has 0 radical (unpaired) electrons. The summed E-state index contributed by atoms with van der Waals surface area (Å²) in [6.45, 7) is 7.80. The van der Waals surface area contributed by atoms with Crippen LogP contribution in [0.25, 0.3) is 0 Å². The number of methoxy groups -OCH3 is 1. The second-order valence-corrected chi connectivity index (χ2v) is 6.35. The van der Waals surface area contributed by atoms with E-state index in [9.17, 15) is 0 Å². The average molecular weight is 310 g/mol. The van der Waals surface area contributed by atoms with Crippen molar-refractivity contribution in [3.05, 3.63) is 28.8 Å². The van der Waals surface area contributed by atoms with Crippen LogP contribution in [0.15, 0.2) is 18.2 Å². The standard InChI is InChI=1S/C16H24ClN3O/c1-21-16-3-2-14(17)10-13(16)12-19-6-8-20(9-7-19)15-4-5-18-11-15/h2-3,10,15,18H,4-9,11-12H2,1H3. The van der Waals surface area contributed by atoms with Gasteiger partial charge in [0, 0.05) is 55.9 Å². The molecule has 1 aromatic carbocycles. The van der Waals surface area contributed by atoms with Crippen LogP contribution in [-0.4, -0.2) is 62.2 Å². The Morgan fingerprint density at radius 3 is 2.76 bits per heavy atom. The second-order valence-electron chi connectivity index (χ2n) is 5.91. The van der Waals surface area contributed by atoms with Crippen molar-refractivity contribution in [2.75, 3.05) is 46.4 Å². The van der Waals surface area contributed by atoms with E-state index >= 15 is 0 Å². The van der Waals surface area contributed by atoms with Gasteiger partial charge in [0.1, 0.15) is 5.75 Å². The first-order valence-electron chi connectivity index (χ1n) is 7.76. The lowest BCUT2D eigenvalue weighted by Crippen LogP contribution is -2.50. The van der Waals surface area contributed by atoms with Gasteiger partial charge in [0.05, 0.1) is 7.11 Å². The summed E-state index contributed by atoms with van der Waals surface area (Å²) in [6.07, 6.45) is 1.29. The Kier molecular flexibility index (Phi) is 5.01. The minimum absolute atomic E-state index is 0.743. The van der Waals surface area contributed by atoms with Crippen LogP contribution >= 0.6 is 11.6 Å². The van der Waals surface area contributed by atoms with Gasteiger partial charge in [-0.1, -0.05) is 11.6 Å². The molecule has 3 rings (SSSR count). The van der Waals surface area contributed by atoms with Crippen molar-refractivity contribution < 1.29 is 4.74 Å². The predicted molar refractivity (Wildman–Crippen MR) is 86.1 cm³/mol. The largest absolute Gasteiger partial charge is 0.496 e. The fraction of sp³-hybridized carbons (Fsp3) is 0.625. The van der Waals surface area contributed by atoms with Gasteiger partial charge in [-0.3, -0.25) is 9.80 Å². The molecule has 5 heteroatoms. The van der Waals surface area contributed by atoms with Crippen LogP contribution in [0.1, 0.15) is 12.0 Å². The fourth-order valence-corrected chi connectivity index (χ4v) is 3.54. The molecule has 116 valence electrons. The van der Waals surface area contributed by atoms with Crippen molar-refractivity contribution in [1.29, 1.82) is 0 Å². The molecule has 0 spiro atoms. The van der Waals surface area contributed by atoms with Crippen molar-refractivity contribution in [3.8, 4) is 5.75 Å². The molecular weight excluding hydrogens is 286 g/mol. The highest BCUT2D eigenvalue weighted by molar-refractivity contribution is 6.30. The molecule has 1 aromatic rings. The Bertz CT molecular complexity index is 469. The predicted octanol–water partition coefficient (Wildman–Crippen LogP) is 1.83. The van der Waals surface area contributed by atoms with Crippen LogP contribution in [0.5, 0.6) is 5.75 Å². The Labute approximate surface area is 132 Å². The number of hydrogen-bond donors (Lipinski definition) is 1. The molecule has 0 aromatic heterocycles. The highest BCUT2D eigenvalue weighted by Gasteiger charge is 2.26. The highest BCUT2D eigenvalue weighted by Crippen LogP contribution is 2.24. The lowest BCUT2D eigenvalue weighted by Gasteiger charge is -2.38. The van der Waals surface area contributed by atoms with E-state index in [1.54, 1.807) is 7.11 Å². The molecule has 1 unspecified atom stereocenters. The van der Waals surface area contributed by atoms with Gasteiger partial charge in [0.2, 0.25) is 0 Å². The molecule has 4 nitrogen and oxygen atoms in total. The summed E-state index contributed by atoms with van der Waals surface area (Å²) in [5.41, 5.74) is 1.18. The van der Waals surface area contributed by atoms with Crippen molar-refractivity contribution in [2.24, 2.45) is 0 Å². The number of rotatable bonds is 4. The van der Waals surface area contributed by atoms with Gasteiger partial charge in [-0.2, -0.15) is 0 Å². The third-order valence-electron chi connectivity index (χ3n) is 4.59. The Morgan fingerprint density at radius 1 is 1.29 bits per heavy atom. The van der Waals surface area contributed by atoms with Crippen molar-refractivity contribution in [2.45, 2.75) is 19.0 Å². The number of piperazine rings is 1. The van der Waals surface area contributed by atoms with Crippen molar-refractivity contribution in [3.63, 3.8) is 0 Å². The topological polar surface area (TPSA) is 27.7 Å². The number of hydrogen-bond acceptors (Lipinski definition) is 4. The first-order valence-corrected chi connectivity index (χ1v) is 8.13.